The number of rotatable bonds is 4. The first-order valence-electron chi connectivity index (χ1n) is 7.71. The first-order valence-corrected chi connectivity index (χ1v) is 7.71. The van der Waals surface area contributed by atoms with Crippen molar-refractivity contribution in [2.75, 3.05) is 39.3 Å². The van der Waals surface area contributed by atoms with Crippen molar-refractivity contribution in [1.82, 2.24) is 19.8 Å². The molecule has 5 nitrogen and oxygen atoms in total. The molecule has 2 N–H and O–H groups in total. The molecule has 0 amide bonds. The lowest BCUT2D eigenvalue weighted by atomic mass is 10.2. The van der Waals surface area contributed by atoms with Gasteiger partial charge in [0.25, 0.3) is 0 Å². The molecule has 1 aliphatic heterocycles. The zero-order chi connectivity index (χ0) is 14.8. The Balaban J connectivity index is 1.70. The monoisotopic (exact) mass is 288 g/mol. The summed E-state index contributed by atoms with van der Waals surface area (Å²) in [7, 11) is 0. The summed E-state index contributed by atoms with van der Waals surface area (Å²) in [4.78, 5) is 13.0. The van der Waals surface area contributed by atoms with Gasteiger partial charge in [0.15, 0.2) is 0 Å². The summed E-state index contributed by atoms with van der Waals surface area (Å²) in [5, 5.41) is 9.00. The van der Waals surface area contributed by atoms with Gasteiger partial charge in [0.1, 0.15) is 5.82 Å². The average Bonchev–Trinajstić information content (AvgIpc) is 2.90. The number of aryl methyl sites for hydroxylation is 1. The van der Waals surface area contributed by atoms with Crippen LogP contribution >= 0.6 is 0 Å². The van der Waals surface area contributed by atoms with Crippen molar-refractivity contribution >= 4 is 11.0 Å². The van der Waals surface area contributed by atoms with E-state index in [9.17, 15) is 0 Å². The number of aliphatic hydroxyl groups is 1. The van der Waals surface area contributed by atoms with E-state index in [0.717, 1.165) is 49.6 Å². The van der Waals surface area contributed by atoms with Gasteiger partial charge >= 0.3 is 0 Å². The summed E-state index contributed by atoms with van der Waals surface area (Å²) in [6.45, 7) is 9.43. The van der Waals surface area contributed by atoms with E-state index < -0.39 is 0 Å². The van der Waals surface area contributed by atoms with Gasteiger partial charge in [-0.2, -0.15) is 0 Å². The molecular formula is C16H24N4O. The summed E-state index contributed by atoms with van der Waals surface area (Å²) in [6.07, 6.45) is 0. The Labute approximate surface area is 125 Å². The standard InChI is InChI=1S/C16H24N4O/c1-12-3-4-14-15(11-12)18-16(17-14)13(2)20-7-5-19(6-8-20)9-10-21/h3-4,11,13,21H,5-10H2,1-2H3,(H,17,18). The van der Waals surface area contributed by atoms with Crippen LogP contribution in [0.4, 0.5) is 0 Å². The first-order chi connectivity index (χ1) is 10.2. The number of hydrogen-bond donors (Lipinski definition) is 2. The molecule has 0 radical (unpaired) electrons. The van der Waals surface area contributed by atoms with Crippen LogP contribution in [0.2, 0.25) is 0 Å². The number of hydrogen-bond acceptors (Lipinski definition) is 4. The van der Waals surface area contributed by atoms with Crippen LogP contribution < -0.4 is 0 Å². The van der Waals surface area contributed by atoms with Gasteiger partial charge in [-0.25, -0.2) is 4.98 Å². The van der Waals surface area contributed by atoms with Crippen molar-refractivity contribution < 1.29 is 5.11 Å². The molecule has 21 heavy (non-hydrogen) atoms. The number of benzene rings is 1. The molecule has 1 aromatic heterocycles. The predicted molar refractivity (Wildman–Crippen MR) is 84.3 cm³/mol. The molecule has 2 aromatic rings. The minimum absolute atomic E-state index is 0.248. The molecule has 1 aromatic carbocycles. The normalized spacial score (nSPS) is 19.2. The molecule has 1 fully saturated rings. The lowest BCUT2D eigenvalue weighted by molar-refractivity contribution is 0.0865. The third-order valence-electron chi connectivity index (χ3n) is 4.42. The largest absolute Gasteiger partial charge is 0.395 e. The summed E-state index contributed by atoms with van der Waals surface area (Å²) in [6, 6.07) is 6.63. The zero-order valence-corrected chi connectivity index (χ0v) is 12.8. The summed E-state index contributed by atoms with van der Waals surface area (Å²) in [5.74, 6) is 1.05. The van der Waals surface area contributed by atoms with Gasteiger partial charge in [0.05, 0.1) is 23.7 Å². The second kappa shape index (κ2) is 6.13. The highest BCUT2D eigenvalue weighted by Gasteiger charge is 2.23. The van der Waals surface area contributed by atoms with E-state index in [1.54, 1.807) is 0 Å². The Morgan fingerprint density at radius 3 is 2.76 bits per heavy atom. The van der Waals surface area contributed by atoms with Crippen LogP contribution in [0.25, 0.3) is 11.0 Å². The number of imidazole rings is 1. The lowest BCUT2D eigenvalue weighted by Gasteiger charge is -2.37. The van der Waals surface area contributed by atoms with Crippen molar-refractivity contribution in [3.63, 3.8) is 0 Å². The van der Waals surface area contributed by atoms with Gasteiger partial charge in [0, 0.05) is 32.7 Å². The van der Waals surface area contributed by atoms with Crippen LogP contribution in [0, 0.1) is 6.92 Å². The molecule has 0 aliphatic carbocycles. The second-order valence-electron chi connectivity index (χ2n) is 5.92. The maximum atomic E-state index is 9.00. The third-order valence-corrected chi connectivity index (χ3v) is 4.42. The Kier molecular flexibility index (Phi) is 4.24. The van der Waals surface area contributed by atoms with Crippen LogP contribution in [-0.2, 0) is 0 Å². The van der Waals surface area contributed by atoms with Crippen LogP contribution in [-0.4, -0.2) is 64.2 Å². The van der Waals surface area contributed by atoms with E-state index in [1.807, 2.05) is 0 Å². The fourth-order valence-electron chi connectivity index (χ4n) is 3.03. The summed E-state index contributed by atoms with van der Waals surface area (Å²) >= 11 is 0. The number of piperazine rings is 1. The Hall–Kier alpha value is -1.43. The van der Waals surface area contributed by atoms with Crippen LogP contribution in [0.3, 0.4) is 0 Å². The number of H-pyrrole nitrogens is 1. The third kappa shape index (κ3) is 3.10. The summed E-state index contributed by atoms with van der Waals surface area (Å²) < 4.78 is 0. The highest BCUT2D eigenvalue weighted by Crippen LogP contribution is 2.22. The van der Waals surface area contributed by atoms with Gasteiger partial charge in [-0.3, -0.25) is 9.80 Å². The number of nitrogens with zero attached hydrogens (tertiary/aromatic N) is 3. The molecule has 5 heteroatoms. The number of β-amino-alcohol motifs (C(OH)–C–C–N with tert-alkyl or cyclic N) is 1. The number of aliphatic hydroxyl groups excluding tert-OH is 1. The molecule has 1 saturated heterocycles. The van der Waals surface area contributed by atoms with Crippen LogP contribution in [0.1, 0.15) is 24.4 Å². The van der Waals surface area contributed by atoms with Gasteiger partial charge in [-0.05, 0) is 31.5 Å². The predicted octanol–water partition coefficient (Wildman–Crippen LogP) is 1.54. The van der Waals surface area contributed by atoms with Gasteiger partial charge in [-0.15, -0.1) is 0 Å². The molecule has 3 rings (SSSR count). The van der Waals surface area contributed by atoms with Crippen molar-refractivity contribution in [3.05, 3.63) is 29.6 Å². The molecule has 1 unspecified atom stereocenters. The molecule has 1 aliphatic rings. The van der Waals surface area contributed by atoms with Crippen molar-refractivity contribution in [3.8, 4) is 0 Å². The maximum Gasteiger partial charge on any atom is 0.124 e. The topological polar surface area (TPSA) is 55.4 Å². The smallest absolute Gasteiger partial charge is 0.124 e. The number of aromatic amines is 1. The SMILES string of the molecule is Cc1ccc2nc(C(C)N3CCN(CCO)CC3)[nH]c2c1. The highest BCUT2D eigenvalue weighted by atomic mass is 16.3. The Morgan fingerprint density at radius 2 is 2.05 bits per heavy atom. The summed E-state index contributed by atoms with van der Waals surface area (Å²) in [5.41, 5.74) is 3.42. The Bertz CT molecular complexity index is 601. The minimum Gasteiger partial charge on any atom is -0.395 e. The number of nitrogens with one attached hydrogen (secondary N) is 1. The van der Waals surface area contributed by atoms with Crippen molar-refractivity contribution in [1.29, 1.82) is 0 Å². The molecule has 0 saturated carbocycles. The highest BCUT2D eigenvalue weighted by molar-refractivity contribution is 5.75. The maximum absolute atomic E-state index is 9.00. The van der Waals surface area contributed by atoms with Gasteiger partial charge < -0.3 is 10.1 Å². The van der Waals surface area contributed by atoms with Gasteiger partial charge in [0.2, 0.25) is 0 Å². The average molecular weight is 288 g/mol. The lowest BCUT2D eigenvalue weighted by Crippen LogP contribution is -2.47. The second-order valence-corrected chi connectivity index (χ2v) is 5.92. The molecule has 0 bridgehead atoms. The van der Waals surface area contributed by atoms with E-state index in [4.69, 9.17) is 10.1 Å². The fraction of sp³-hybridized carbons (Fsp3) is 0.562. The fourth-order valence-corrected chi connectivity index (χ4v) is 3.03. The van der Waals surface area contributed by atoms with Crippen LogP contribution in [0.5, 0.6) is 0 Å². The van der Waals surface area contributed by atoms with Crippen molar-refractivity contribution in [2.24, 2.45) is 0 Å². The Morgan fingerprint density at radius 1 is 1.29 bits per heavy atom. The molecule has 114 valence electrons. The molecule has 0 spiro atoms. The van der Waals surface area contributed by atoms with E-state index in [2.05, 4.69) is 46.8 Å². The van der Waals surface area contributed by atoms with E-state index >= 15 is 0 Å². The minimum atomic E-state index is 0.248. The number of aromatic nitrogens is 2. The van der Waals surface area contributed by atoms with E-state index in [-0.39, 0.29) is 6.61 Å². The molecule has 1 atom stereocenters. The molecule has 2 heterocycles. The quantitative estimate of drug-likeness (QED) is 0.896. The van der Waals surface area contributed by atoms with E-state index in [0.29, 0.717) is 6.04 Å². The first kappa shape index (κ1) is 14.5. The molecular weight excluding hydrogens is 264 g/mol. The van der Waals surface area contributed by atoms with Crippen LogP contribution in [0.15, 0.2) is 18.2 Å². The number of fused-ring (bicyclic) bond motifs is 1. The zero-order valence-electron chi connectivity index (χ0n) is 12.8. The van der Waals surface area contributed by atoms with Crippen molar-refractivity contribution in [2.45, 2.75) is 19.9 Å². The van der Waals surface area contributed by atoms with E-state index in [1.165, 1.54) is 5.56 Å². The van der Waals surface area contributed by atoms with Gasteiger partial charge in [-0.1, -0.05) is 6.07 Å².